The van der Waals surface area contributed by atoms with Crippen LogP contribution in [-0.2, 0) is 0 Å². The van der Waals surface area contributed by atoms with E-state index >= 15 is 0 Å². The molecule has 1 atom stereocenters. The highest BCUT2D eigenvalue weighted by Crippen LogP contribution is 2.03. The largest absolute Gasteiger partial charge is 0.313 e. The zero-order chi connectivity index (χ0) is 15.7. The van der Waals surface area contributed by atoms with Crippen molar-refractivity contribution in [1.29, 1.82) is 0 Å². The Labute approximate surface area is 126 Å². The predicted molar refractivity (Wildman–Crippen MR) is 90.6 cm³/mol. The highest BCUT2D eigenvalue weighted by Gasteiger charge is 2.10. The average molecular weight is 295 g/mol. The van der Waals surface area contributed by atoms with Gasteiger partial charge < -0.3 is 5.32 Å². The van der Waals surface area contributed by atoms with Crippen molar-refractivity contribution in [3.05, 3.63) is 0 Å². The molecule has 1 N–H and O–H groups in total. The summed E-state index contributed by atoms with van der Waals surface area (Å²) in [4.78, 5) is 0.902. The molecule has 0 spiro atoms. The van der Waals surface area contributed by atoms with Gasteiger partial charge in [0.05, 0.1) is 0 Å². The summed E-state index contributed by atoms with van der Waals surface area (Å²) in [5.41, 5.74) is 0. The van der Waals surface area contributed by atoms with Crippen LogP contribution in [-0.4, -0.2) is 36.2 Å². The fraction of sp³-hybridized carbons (Fsp3) is 0.933. The molecule has 0 radical (unpaired) electrons. The maximum Gasteiger partial charge on any atom is 0.0391 e. The maximum atomic E-state index is 13.2. The Hall–Kier alpha value is -0.0600. The molecular weight excluding hydrogens is 259 g/mol. The van der Waals surface area contributed by atoms with E-state index in [4.69, 9.17) is 12.2 Å². The highest BCUT2D eigenvalue weighted by molar-refractivity contribution is 7.80. The molecule has 0 saturated heterocycles. The van der Waals surface area contributed by atoms with Crippen molar-refractivity contribution < 1.29 is 4.48 Å². The number of hydrogen-bond acceptors (Lipinski definition) is 3. The van der Waals surface area contributed by atoms with Crippen molar-refractivity contribution in [3.63, 3.8) is 0 Å². The molecule has 0 bridgehead atoms. The van der Waals surface area contributed by atoms with Crippen LogP contribution in [0.25, 0.3) is 0 Å². The van der Waals surface area contributed by atoms with Crippen molar-refractivity contribution in [1.82, 2.24) is 10.4 Å². The topological polar surface area (TPSA) is 15.3 Å². The molecule has 0 aliphatic heterocycles. The molecule has 2 nitrogen and oxygen atoms in total. The van der Waals surface area contributed by atoms with E-state index in [0.29, 0.717) is 13.1 Å². The standard InChI is InChI=1S/C11H23FN2S.2C2H6/c1-4-5-6-8-14(12)9-7-11(13-3)10(2)15;2*1-2/h11,13H,4-9H2,1-3H3;2*1-2H3. The minimum Gasteiger partial charge on any atom is -0.313 e. The van der Waals surface area contributed by atoms with Gasteiger partial charge in [0.1, 0.15) is 0 Å². The third-order valence-electron chi connectivity index (χ3n) is 2.50. The van der Waals surface area contributed by atoms with Crippen LogP contribution in [0.4, 0.5) is 4.48 Å². The molecule has 4 heteroatoms. The van der Waals surface area contributed by atoms with Crippen molar-refractivity contribution in [2.45, 2.75) is 73.3 Å². The lowest BCUT2D eigenvalue weighted by atomic mass is 10.1. The zero-order valence-corrected chi connectivity index (χ0v) is 14.9. The van der Waals surface area contributed by atoms with Crippen LogP contribution < -0.4 is 5.32 Å². The SMILES string of the molecule is CC.CC.CCCCCN(F)CCC(NC)C(C)=S. The van der Waals surface area contributed by atoms with E-state index in [-0.39, 0.29) is 6.04 Å². The van der Waals surface area contributed by atoms with Gasteiger partial charge in [0, 0.05) is 24.0 Å². The summed E-state index contributed by atoms with van der Waals surface area (Å²) < 4.78 is 13.2. The van der Waals surface area contributed by atoms with Crippen LogP contribution in [0.2, 0.25) is 0 Å². The van der Waals surface area contributed by atoms with Crippen molar-refractivity contribution >= 4 is 17.1 Å². The lowest BCUT2D eigenvalue weighted by Crippen LogP contribution is -2.34. The first-order chi connectivity index (χ1) is 9.11. The van der Waals surface area contributed by atoms with Crippen LogP contribution >= 0.6 is 12.2 Å². The predicted octanol–water partition coefficient (Wildman–Crippen LogP) is 4.78. The monoisotopic (exact) mass is 294 g/mol. The number of nitrogens with zero attached hydrogens (tertiary/aromatic N) is 1. The molecule has 0 aromatic carbocycles. The van der Waals surface area contributed by atoms with Gasteiger partial charge in [0.25, 0.3) is 0 Å². The second-order valence-corrected chi connectivity index (χ2v) is 4.50. The van der Waals surface area contributed by atoms with E-state index in [1.807, 2.05) is 41.7 Å². The molecule has 0 amide bonds. The van der Waals surface area contributed by atoms with Crippen LogP contribution in [0.3, 0.4) is 0 Å². The van der Waals surface area contributed by atoms with E-state index in [1.54, 1.807) is 0 Å². The number of unbranched alkanes of at least 4 members (excludes halogenated alkanes) is 2. The Bertz CT molecular complexity index is 178. The van der Waals surface area contributed by atoms with Crippen LogP contribution in [0, 0.1) is 0 Å². The molecule has 0 aromatic heterocycles. The molecule has 0 aliphatic rings. The summed E-state index contributed by atoms with van der Waals surface area (Å²) >= 11 is 5.07. The van der Waals surface area contributed by atoms with E-state index in [1.165, 1.54) is 0 Å². The number of thiocarbonyl (C=S) groups is 1. The summed E-state index contributed by atoms with van der Waals surface area (Å²) in [6, 6.07) is 0.157. The minimum absolute atomic E-state index is 0.157. The van der Waals surface area contributed by atoms with Gasteiger partial charge in [0.2, 0.25) is 0 Å². The van der Waals surface area contributed by atoms with E-state index in [9.17, 15) is 4.48 Å². The third kappa shape index (κ3) is 17.9. The minimum atomic E-state index is 0.157. The van der Waals surface area contributed by atoms with Gasteiger partial charge in [-0.25, -0.2) is 0 Å². The molecular formula is C15H35FN2S. The van der Waals surface area contributed by atoms with E-state index in [2.05, 4.69) is 12.2 Å². The van der Waals surface area contributed by atoms with Gasteiger partial charge >= 0.3 is 0 Å². The smallest absolute Gasteiger partial charge is 0.0391 e. The third-order valence-corrected chi connectivity index (χ3v) is 2.79. The van der Waals surface area contributed by atoms with Crippen molar-refractivity contribution in [3.8, 4) is 0 Å². The zero-order valence-electron chi connectivity index (χ0n) is 14.1. The van der Waals surface area contributed by atoms with Gasteiger partial charge in [-0.05, 0) is 26.8 Å². The first-order valence-electron chi connectivity index (χ1n) is 7.70. The van der Waals surface area contributed by atoms with Gasteiger partial charge in [-0.1, -0.05) is 59.7 Å². The molecule has 0 saturated carbocycles. The second-order valence-electron chi connectivity index (χ2n) is 3.86. The Morgan fingerprint density at radius 1 is 1.16 bits per heavy atom. The molecule has 0 aliphatic carbocycles. The molecule has 1 unspecified atom stereocenters. The van der Waals surface area contributed by atoms with E-state index in [0.717, 1.165) is 35.7 Å². The molecule has 0 fully saturated rings. The Kier molecular flexibility index (Phi) is 25.6. The van der Waals surface area contributed by atoms with Gasteiger partial charge in [-0.2, -0.15) is 0 Å². The fourth-order valence-electron chi connectivity index (χ4n) is 1.47. The first-order valence-corrected chi connectivity index (χ1v) is 8.11. The summed E-state index contributed by atoms with van der Waals surface area (Å²) in [6.45, 7) is 13.0. The Morgan fingerprint density at radius 2 is 1.68 bits per heavy atom. The van der Waals surface area contributed by atoms with Crippen LogP contribution in [0.1, 0.15) is 67.2 Å². The lowest BCUT2D eigenvalue weighted by molar-refractivity contribution is 0.0215. The molecule has 118 valence electrons. The summed E-state index contributed by atoms with van der Waals surface area (Å²) in [7, 11) is 1.86. The molecule has 0 heterocycles. The number of hydrogen-bond donors (Lipinski definition) is 1. The molecule has 0 aromatic rings. The van der Waals surface area contributed by atoms with Crippen LogP contribution in [0.5, 0.6) is 0 Å². The lowest BCUT2D eigenvalue weighted by Gasteiger charge is -2.17. The van der Waals surface area contributed by atoms with Gasteiger partial charge in [-0.15, -0.1) is 9.60 Å². The van der Waals surface area contributed by atoms with Crippen molar-refractivity contribution in [2.24, 2.45) is 0 Å². The average Bonchev–Trinajstić information content (AvgIpc) is 2.44. The van der Waals surface area contributed by atoms with Gasteiger partial charge in [0.15, 0.2) is 0 Å². The summed E-state index contributed by atoms with van der Waals surface area (Å²) in [5, 5.41) is 3.99. The molecule has 0 rings (SSSR count). The number of nitrogens with one attached hydrogen (secondary N) is 1. The Balaban J connectivity index is -0.000000579. The molecule has 19 heavy (non-hydrogen) atoms. The highest BCUT2D eigenvalue weighted by atomic mass is 32.1. The quantitative estimate of drug-likeness (QED) is 0.374. The number of rotatable bonds is 9. The Morgan fingerprint density at radius 3 is 2.05 bits per heavy atom. The fourth-order valence-corrected chi connectivity index (χ4v) is 1.70. The number of halogens is 1. The van der Waals surface area contributed by atoms with Gasteiger partial charge in [-0.3, -0.25) is 0 Å². The normalized spacial score (nSPS) is 11.0. The van der Waals surface area contributed by atoms with E-state index < -0.39 is 0 Å². The first kappa shape index (κ1) is 24.0. The second kappa shape index (κ2) is 20.3. The summed E-state index contributed by atoms with van der Waals surface area (Å²) in [5.74, 6) is 0. The van der Waals surface area contributed by atoms with Crippen LogP contribution in [0.15, 0.2) is 0 Å². The summed E-state index contributed by atoms with van der Waals surface area (Å²) in [6.07, 6.45) is 3.91. The maximum absolute atomic E-state index is 13.2. The van der Waals surface area contributed by atoms with Crippen molar-refractivity contribution in [2.75, 3.05) is 20.1 Å².